The number of pyridine rings is 1. The van der Waals surface area contributed by atoms with Gasteiger partial charge in [-0.05, 0) is 23.8 Å². The third kappa shape index (κ3) is 3.56. The first-order valence-electron chi connectivity index (χ1n) is 5.90. The molecule has 0 radical (unpaired) electrons. The Kier molecular flexibility index (Phi) is 4.74. The van der Waals surface area contributed by atoms with Gasteiger partial charge in [-0.1, -0.05) is 34.1 Å². The Morgan fingerprint density at radius 2 is 1.95 bits per heavy atom. The number of nitrogens with zero attached hydrogens (tertiary/aromatic N) is 1. The molecule has 2 rings (SSSR count). The van der Waals surface area contributed by atoms with E-state index in [1.807, 2.05) is 24.3 Å². The molecule has 0 saturated carbocycles. The Bertz CT molecular complexity index is 687. The average molecular weight is 356 g/mol. The summed E-state index contributed by atoms with van der Waals surface area (Å²) in [5, 5.41) is 2.84. The highest BCUT2D eigenvalue weighted by molar-refractivity contribution is 9.10. The molecule has 20 heavy (non-hydrogen) atoms. The predicted octanol–water partition coefficient (Wildman–Crippen LogP) is 2.36. The lowest BCUT2D eigenvalue weighted by atomic mass is 10.2. The molecule has 1 heterocycles. The van der Waals surface area contributed by atoms with Crippen molar-refractivity contribution in [2.75, 3.05) is 12.4 Å². The second-order valence-corrected chi connectivity index (χ2v) is 6.67. The van der Waals surface area contributed by atoms with E-state index in [9.17, 15) is 8.42 Å². The van der Waals surface area contributed by atoms with E-state index in [1.54, 1.807) is 13.1 Å². The van der Waals surface area contributed by atoms with Gasteiger partial charge in [-0.15, -0.1) is 0 Å². The lowest BCUT2D eigenvalue weighted by Gasteiger charge is -2.08. The van der Waals surface area contributed by atoms with Crippen molar-refractivity contribution in [3.05, 3.63) is 52.6 Å². The van der Waals surface area contributed by atoms with Gasteiger partial charge in [0.1, 0.15) is 10.7 Å². The van der Waals surface area contributed by atoms with Crippen LogP contribution in [-0.4, -0.2) is 20.4 Å². The van der Waals surface area contributed by atoms with E-state index in [0.717, 1.165) is 10.0 Å². The molecule has 0 atom stereocenters. The molecule has 0 amide bonds. The summed E-state index contributed by atoms with van der Waals surface area (Å²) in [5.74, 6) is 0.620. The fourth-order valence-electron chi connectivity index (χ4n) is 1.58. The maximum Gasteiger partial charge on any atom is 0.242 e. The fraction of sp³-hybridized carbons (Fsp3) is 0.154. The van der Waals surface area contributed by atoms with Gasteiger partial charge in [-0.3, -0.25) is 0 Å². The molecule has 0 bridgehead atoms. The van der Waals surface area contributed by atoms with Crippen molar-refractivity contribution >= 4 is 31.8 Å². The zero-order chi connectivity index (χ0) is 14.6. The first-order valence-corrected chi connectivity index (χ1v) is 8.17. The summed E-state index contributed by atoms with van der Waals surface area (Å²) in [7, 11) is -1.84. The van der Waals surface area contributed by atoms with E-state index in [4.69, 9.17) is 0 Å². The standard InChI is InChI=1S/C13H14BrN3O2S/c1-15-13-7-6-11(9-16-13)20(18,19)17-8-10-4-2-3-5-12(10)14/h2-7,9,17H,8H2,1H3,(H,15,16). The molecule has 5 nitrogen and oxygen atoms in total. The third-order valence-electron chi connectivity index (χ3n) is 2.71. The van der Waals surface area contributed by atoms with Crippen molar-refractivity contribution < 1.29 is 8.42 Å². The number of anilines is 1. The van der Waals surface area contributed by atoms with Crippen LogP contribution in [0.1, 0.15) is 5.56 Å². The molecule has 0 fully saturated rings. The molecule has 0 aliphatic heterocycles. The molecule has 0 spiro atoms. The van der Waals surface area contributed by atoms with Gasteiger partial charge in [-0.25, -0.2) is 18.1 Å². The molecule has 0 aliphatic rings. The van der Waals surface area contributed by atoms with Crippen molar-refractivity contribution in [3.8, 4) is 0 Å². The van der Waals surface area contributed by atoms with Crippen LogP contribution in [0.2, 0.25) is 0 Å². The monoisotopic (exact) mass is 355 g/mol. The van der Waals surface area contributed by atoms with Crippen molar-refractivity contribution in [2.24, 2.45) is 0 Å². The van der Waals surface area contributed by atoms with Gasteiger partial charge in [0.25, 0.3) is 0 Å². The summed E-state index contributed by atoms with van der Waals surface area (Å²) in [6.45, 7) is 0.220. The van der Waals surface area contributed by atoms with Gasteiger partial charge in [0, 0.05) is 24.3 Å². The summed E-state index contributed by atoms with van der Waals surface area (Å²) in [6.07, 6.45) is 1.33. The second kappa shape index (κ2) is 6.34. The van der Waals surface area contributed by atoms with E-state index in [2.05, 4.69) is 31.0 Å². The van der Waals surface area contributed by atoms with Crippen LogP contribution in [0.4, 0.5) is 5.82 Å². The number of rotatable bonds is 5. The molecular formula is C13H14BrN3O2S. The van der Waals surface area contributed by atoms with Crippen LogP contribution in [0.25, 0.3) is 0 Å². The highest BCUT2D eigenvalue weighted by Crippen LogP contribution is 2.17. The number of hydrogen-bond donors (Lipinski definition) is 2. The maximum absolute atomic E-state index is 12.1. The van der Waals surface area contributed by atoms with E-state index in [1.165, 1.54) is 12.3 Å². The molecule has 1 aromatic carbocycles. The molecule has 0 saturated heterocycles. The SMILES string of the molecule is CNc1ccc(S(=O)(=O)NCc2ccccc2Br)cn1. The molecule has 2 N–H and O–H groups in total. The van der Waals surface area contributed by atoms with Crippen LogP contribution in [0.5, 0.6) is 0 Å². The number of hydrogen-bond acceptors (Lipinski definition) is 4. The number of halogens is 1. The predicted molar refractivity (Wildman–Crippen MR) is 82.0 cm³/mol. The zero-order valence-corrected chi connectivity index (χ0v) is 13.2. The fourth-order valence-corrected chi connectivity index (χ4v) is 2.96. The van der Waals surface area contributed by atoms with Crippen LogP contribution < -0.4 is 10.0 Å². The minimum atomic E-state index is -3.56. The molecular weight excluding hydrogens is 342 g/mol. The second-order valence-electron chi connectivity index (χ2n) is 4.05. The van der Waals surface area contributed by atoms with Crippen molar-refractivity contribution in [1.29, 1.82) is 0 Å². The van der Waals surface area contributed by atoms with E-state index in [-0.39, 0.29) is 11.4 Å². The quantitative estimate of drug-likeness (QED) is 0.863. The van der Waals surface area contributed by atoms with Crippen LogP contribution >= 0.6 is 15.9 Å². The topological polar surface area (TPSA) is 71.1 Å². The van der Waals surface area contributed by atoms with E-state index in [0.29, 0.717) is 5.82 Å². The number of benzene rings is 1. The van der Waals surface area contributed by atoms with Gasteiger partial charge in [0.15, 0.2) is 0 Å². The first-order chi connectivity index (χ1) is 9.53. The minimum absolute atomic E-state index is 0.142. The van der Waals surface area contributed by atoms with Gasteiger partial charge >= 0.3 is 0 Å². The molecule has 2 aromatic rings. The maximum atomic E-state index is 12.1. The van der Waals surface area contributed by atoms with Crippen LogP contribution in [0.3, 0.4) is 0 Å². The average Bonchev–Trinajstić information content (AvgIpc) is 2.46. The van der Waals surface area contributed by atoms with Gasteiger partial charge in [0.05, 0.1) is 0 Å². The lowest BCUT2D eigenvalue weighted by Crippen LogP contribution is -2.23. The summed E-state index contributed by atoms with van der Waals surface area (Å²) in [6, 6.07) is 10.6. The summed E-state index contributed by atoms with van der Waals surface area (Å²) < 4.78 is 27.7. The summed E-state index contributed by atoms with van der Waals surface area (Å²) in [4.78, 5) is 4.14. The number of aromatic nitrogens is 1. The Morgan fingerprint density at radius 3 is 2.55 bits per heavy atom. The molecule has 7 heteroatoms. The Labute approximate surface area is 126 Å². The number of nitrogens with one attached hydrogen (secondary N) is 2. The normalized spacial score (nSPS) is 11.3. The highest BCUT2D eigenvalue weighted by Gasteiger charge is 2.14. The van der Waals surface area contributed by atoms with Gasteiger partial charge in [-0.2, -0.15) is 0 Å². The van der Waals surface area contributed by atoms with Gasteiger partial charge in [0.2, 0.25) is 10.0 Å². The smallest absolute Gasteiger partial charge is 0.242 e. The largest absolute Gasteiger partial charge is 0.373 e. The third-order valence-corrected chi connectivity index (χ3v) is 4.87. The highest BCUT2D eigenvalue weighted by atomic mass is 79.9. The van der Waals surface area contributed by atoms with Gasteiger partial charge < -0.3 is 5.32 Å². The molecule has 0 unspecified atom stereocenters. The minimum Gasteiger partial charge on any atom is -0.373 e. The van der Waals surface area contributed by atoms with Crippen molar-refractivity contribution in [1.82, 2.24) is 9.71 Å². The summed E-state index contributed by atoms with van der Waals surface area (Å²) in [5.41, 5.74) is 0.871. The molecule has 1 aromatic heterocycles. The molecule has 106 valence electrons. The number of sulfonamides is 1. The van der Waals surface area contributed by atoms with Crippen LogP contribution in [-0.2, 0) is 16.6 Å². The molecule has 0 aliphatic carbocycles. The summed E-state index contributed by atoms with van der Waals surface area (Å²) >= 11 is 3.38. The van der Waals surface area contributed by atoms with E-state index >= 15 is 0 Å². The van der Waals surface area contributed by atoms with Crippen LogP contribution in [0.15, 0.2) is 52.0 Å². The van der Waals surface area contributed by atoms with E-state index < -0.39 is 10.0 Å². The van der Waals surface area contributed by atoms with Crippen molar-refractivity contribution in [2.45, 2.75) is 11.4 Å². The zero-order valence-electron chi connectivity index (χ0n) is 10.8. The Hall–Kier alpha value is -1.44. The van der Waals surface area contributed by atoms with Crippen molar-refractivity contribution in [3.63, 3.8) is 0 Å². The van der Waals surface area contributed by atoms with Crippen LogP contribution in [0, 0.1) is 0 Å². The first kappa shape index (κ1) is 15.0. The lowest BCUT2D eigenvalue weighted by molar-refractivity contribution is 0.581. The Balaban J connectivity index is 2.13. The Morgan fingerprint density at radius 1 is 1.20 bits per heavy atom.